The number of rotatable bonds is 7. The number of fused-ring (bicyclic) bond motifs is 1. The van der Waals surface area contributed by atoms with Crippen molar-refractivity contribution in [2.45, 2.75) is 58.7 Å². The summed E-state index contributed by atoms with van der Waals surface area (Å²) in [6.45, 7) is 9.09. The fourth-order valence-corrected chi connectivity index (χ4v) is 6.06. The molecule has 0 spiro atoms. The Hall–Kier alpha value is -3.47. The summed E-state index contributed by atoms with van der Waals surface area (Å²) >= 11 is 1.51. The van der Waals surface area contributed by atoms with E-state index in [4.69, 9.17) is 15.0 Å². The molecule has 3 aromatic heterocycles. The molecule has 0 saturated heterocycles. The number of nitrogens with zero attached hydrogens (tertiary/aromatic N) is 4. The second-order valence-corrected chi connectivity index (χ2v) is 11.2. The van der Waals surface area contributed by atoms with E-state index in [2.05, 4.69) is 46.8 Å². The third-order valence-electron chi connectivity index (χ3n) is 7.32. The third kappa shape index (κ3) is 4.75. The minimum absolute atomic E-state index is 0.0557. The Balaban J connectivity index is 1.57. The number of aliphatic hydroxyl groups is 2. The molecule has 1 aromatic carbocycles. The lowest BCUT2D eigenvalue weighted by molar-refractivity contribution is -0.136. The molecule has 1 fully saturated rings. The predicted molar refractivity (Wildman–Crippen MR) is 149 cm³/mol. The molecule has 4 aromatic rings. The molecule has 198 valence electrons. The molecular weight excluding hydrogens is 500 g/mol. The number of aliphatic hydroxyl groups excluding tert-OH is 1. The fraction of sp³-hybridized carbons (Fsp3) is 0.393. The molecule has 1 saturated carbocycles. The second-order valence-electron chi connectivity index (χ2n) is 10.2. The quantitative estimate of drug-likeness (QED) is 0.274. The maximum absolute atomic E-state index is 12.7. The van der Waals surface area contributed by atoms with Crippen LogP contribution >= 0.6 is 11.3 Å². The molecule has 4 N–H and O–H groups in total. The van der Waals surface area contributed by atoms with E-state index in [9.17, 15) is 15.0 Å². The first kappa shape index (κ1) is 26.1. The van der Waals surface area contributed by atoms with Crippen LogP contribution in [0, 0.1) is 26.7 Å². The van der Waals surface area contributed by atoms with Crippen molar-refractivity contribution in [2.24, 2.45) is 5.92 Å². The Morgan fingerprint density at radius 3 is 2.50 bits per heavy atom. The zero-order chi connectivity index (χ0) is 27.2. The molecule has 0 radical (unpaired) electrons. The number of hydrogen-bond acceptors (Lipinski definition) is 10. The zero-order valence-corrected chi connectivity index (χ0v) is 22.9. The van der Waals surface area contributed by atoms with E-state index in [0.29, 0.717) is 23.0 Å². The lowest BCUT2D eigenvalue weighted by Crippen LogP contribution is -2.45. The van der Waals surface area contributed by atoms with Gasteiger partial charge in [0.2, 0.25) is 5.95 Å². The highest BCUT2D eigenvalue weighted by Crippen LogP contribution is 2.40. The number of benzene rings is 1. The number of Topliss-reactive ketones (excluding diaryl/α,β-unsaturated/α-hetero) is 1. The van der Waals surface area contributed by atoms with Gasteiger partial charge in [-0.1, -0.05) is 29.8 Å². The van der Waals surface area contributed by atoms with Gasteiger partial charge in [-0.15, -0.1) is 11.3 Å². The van der Waals surface area contributed by atoms with E-state index in [1.165, 1.54) is 23.8 Å². The molecule has 5 rings (SSSR count). The number of hydrogen-bond donors (Lipinski definition) is 4. The van der Waals surface area contributed by atoms with E-state index in [1.807, 2.05) is 26.8 Å². The molecule has 0 amide bonds. The highest BCUT2D eigenvalue weighted by atomic mass is 32.1. The molecule has 0 bridgehead atoms. The van der Waals surface area contributed by atoms with Gasteiger partial charge < -0.3 is 20.8 Å². The van der Waals surface area contributed by atoms with E-state index in [1.54, 1.807) is 6.20 Å². The van der Waals surface area contributed by atoms with Crippen LogP contribution in [0.5, 0.6) is 0 Å². The Morgan fingerprint density at radius 2 is 1.84 bits per heavy atom. The summed E-state index contributed by atoms with van der Waals surface area (Å²) in [6, 6.07) is 9.51. The Kier molecular flexibility index (Phi) is 6.89. The first-order valence-electron chi connectivity index (χ1n) is 12.7. The van der Waals surface area contributed by atoms with Gasteiger partial charge in [0.25, 0.3) is 0 Å². The first-order valence-corrected chi connectivity index (χ1v) is 13.5. The minimum Gasteiger partial charge on any atom is -0.396 e. The summed E-state index contributed by atoms with van der Waals surface area (Å²) in [7, 11) is 0. The number of thiazole rings is 1. The maximum atomic E-state index is 12.7. The highest BCUT2D eigenvalue weighted by Gasteiger charge is 2.50. The van der Waals surface area contributed by atoms with Gasteiger partial charge in [0.15, 0.2) is 5.78 Å². The van der Waals surface area contributed by atoms with Crippen LogP contribution in [-0.4, -0.2) is 54.2 Å². The number of carbonyl (C=O) groups is 1. The summed E-state index contributed by atoms with van der Waals surface area (Å²) in [5, 5.41) is 28.2. The van der Waals surface area contributed by atoms with E-state index < -0.39 is 17.6 Å². The van der Waals surface area contributed by atoms with Gasteiger partial charge in [0.1, 0.15) is 21.9 Å². The van der Waals surface area contributed by atoms with Crippen LogP contribution in [0.15, 0.2) is 36.5 Å². The van der Waals surface area contributed by atoms with Gasteiger partial charge in [0, 0.05) is 12.1 Å². The number of pyridine rings is 1. The van der Waals surface area contributed by atoms with Crippen molar-refractivity contribution < 1.29 is 15.0 Å². The average molecular weight is 533 g/mol. The molecule has 0 unspecified atom stereocenters. The average Bonchev–Trinajstić information content (AvgIpc) is 3.39. The van der Waals surface area contributed by atoms with Crippen molar-refractivity contribution in [3.63, 3.8) is 0 Å². The van der Waals surface area contributed by atoms with Gasteiger partial charge in [0.05, 0.1) is 40.3 Å². The van der Waals surface area contributed by atoms with Crippen molar-refractivity contribution in [1.29, 1.82) is 0 Å². The van der Waals surface area contributed by atoms with E-state index in [0.717, 1.165) is 26.5 Å². The van der Waals surface area contributed by atoms with Crippen molar-refractivity contribution in [3.8, 4) is 10.6 Å². The van der Waals surface area contributed by atoms with Crippen LogP contribution in [0.4, 0.5) is 11.8 Å². The monoisotopic (exact) mass is 532 g/mol. The van der Waals surface area contributed by atoms with Crippen LogP contribution in [0.2, 0.25) is 0 Å². The number of aromatic nitrogens is 4. The topological polar surface area (TPSA) is 133 Å². The summed E-state index contributed by atoms with van der Waals surface area (Å²) in [5.41, 5.74) is 3.68. The maximum Gasteiger partial charge on any atom is 0.225 e. The van der Waals surface area contributed by atoms with Crippen LogP contribution in [0.3, 0.4) is 0 Å². The summed E-state index contributed by atoms with van der Waals surface area (Å²) in [6.07, 6.45) is 2.05. The summed E-state index contributed by atoms with van der Waals surface area (Å²) < 4.78 is 0.997. The van der Waals surface area contributed by atoms with Crippen LogP contribution in [-0.2, 0) is 4.79 Å². The largest absolute Gasteiger partial charge is 0.396 e. The molecule has 0 aliphatic heterocycles. The number of aryl methyl sites for hydroxylation is 3. The van der Waals surface area contributed by atoms with Gasteiger partial charge in [-0.25, -0.2) is 9.97 Å². The van der Waals surface area contributed by atoms with Crippen molar-refractivity contribution in [2.75, 3.05) is 17.2 Å². The number of nitrogens with one attached hydrogen (secondary N) is 2. The third-order valence-corrected chi connectivity index (χ3v) is 8.35. The predicted octanol–water partition coefficient (Wildman–Crippen LogP) is 4.36. The zero-order valence-electron chi connectivity index (χ0n) is 22.1. The fourth-order valence-electron chi connectivity index (χ4n) is 4.95. The lowest BCUT2D eigenvalue weighted by Gasteiger charge is -2.27. The van der Waals surface area contributed by atoms with Gasteiger partial charge in [-0.2, -0.15) is 4.98 Å². The lowest BCUT2D eigenvalue weighted by atomic mass is 9.98. The second kappa shape index (κ2) is 10.0. The number of carbonyl (C=O) groups excluding carboxylic acids is 1. The molecule has 4 atom stereocenters. The Morgan fingerprint density at radius 1 is 1.11 bits per heavy atom. The molecule has 1 aliphatic rings. The minimum atomic E-state index is -1.65. The van der Waals surface area contributed by atoms with Crippen molar-refractivity contribution in [3.05, 3.63) is 59.0 Å². The first-order chi connectivity index (χ1) is 18.1. The van der Waals surface area contributed by atoms with E-state index in [-0.39, 0.29) is 24.9 Å². The Labute approximate surface area is 225 Å². The molecule has 10 heteroatoms. The highest BCUT2D eigenvalue weighted by molar-refractivity contribution is 7.21. The summed E-state index contributed by atoms with van der Waals surface area (Å²) in [5.74, 6) is -0.122. The molecule has 9 nitrogen and oxygen atoms in total. The number of anilines is 2. The van der Waals surface area contributed by atoms with Gasteiger partial charge in [-0.05, 0) is 52.7 Å². The van der Waals surface area contributed by atoms with Crippen molar-refractivity contribution in [1.82, 2.24) is 19.9 Å². The Bertz CT molecular complexity index is 1500. The molecular formula is C28H32N6O3S. The van der Waals surface area contributed by atoms with E-state index >= 15 is 0 Å². The van der Waals surface area contributed by atoms with Crippen LogP contribution in [0.1, 0.15) is 48.8 Å². The van der Waals surface area contributed by atoms with Gasteiger partial charge >= 0.3 is 0 Å². The standard InChI is InChI=1S/C28H32N6O3S/c1-14-6-8-18(9-7-14)15(2)30-27-31-16(3)22(26-33-23-17(4)29-11-10-20(23)38-26)25(34-27)32-21-12-19(13-35)24(36)28(21,5)37/h6-11,15,19,21,35,37H,12-13H2,1-5H3,(H2,30,31,32,34)/t15-,19-,21-,28+/m1/s1. The van der Waals surface area contributed by atoms with Gasteiger partial charge in [-0.3, -0.25) is 9.78 Å². The van der Waals surface area contributed by atoms with Crippen molar-refractivity contribution >= 4 is 39.1 Å². The SMILES string of the molecule is Cc1ccc([C@@H](C)Nc2nc(C)c(-c3nc4c(C)nccc4s3)c(N[C@@H]3C[C@H](CO)C(=O)[C@@]3(C)O)n2)cc1. The number of ketones is 1. The molecule has 38 heavy (non-hydrogen) atoms. The smallest absolute Gasteiger partial charge is 0.225 e. The molecule has 3 heterocycles. The van der Waals surface area contributed by atoms with Crippen LogP contribution < -0.4 is 10.6 Å². The normalized spacial score (nSPS) is 22.1. The summed E-state index contributed by atoms with van der Waals surface area (Å²) in [4.78, 5) is 31.5. The molecule has 1 aliphatic carbocycles. The van der Waals surface area contributed by atoms with Crippen LogP contribution in [0.25, 0.3) is 20.8 Å².